The zero-order valence-electron chi connectivity index (χ0n) is 24.9. The third-order valence-electron chi connectivity index (χ3n) is 7.72. The van der Waals surface area contributed by atoms with Crippen LogP contribution < -0.4 is 14.4 Å². The molecule has 0 spiro atoms. The van der Waals surface area contributed by atoms with Gasteiger partial charge in [-0.2, -0.15) is 0 Å². The molecule has 2 aliphatic heterocycles. The number of hydrogen-bond acceptors (Lipinski definition) is 9. The van der Waals surface area contributed by atoms with Crippen LogP contribution in [0.5, 0.6) is 11.5 Å². The maximum atomic E-state index is 14.2. The Balaban J connectivity index is 1.38. The van der Waals surface area contributed by atoms with Crippen molar-refractivity contribution in [2.75, 3.05) is 11.5 Å². The summed E-state index contributed by atoms with van der Waals surface area (Å²) < 4.78 is 26.5. The fourth-order valence-electron chi connectivity index (χ4n) is 5.50. The lowest BCUT2D eigenvalue weighted by Gasteiger charge is -2.23. The molecule has 8 nitrogen and oxygen atoms in total. The van der Waals surface area contributed by atoms with Crippen LogP contribution in [-0.2, 0) is 21.8 Å². The first kappa shape index (κ1) is 30.8. The second kappa shape index (κ2) is 13.4. The van der Waals surface area contributed by atoms with Gasteiger partial charge in [0.05, 0.1) is 18.2 Å². The summed E-state index contributed by atoms with van der Waals surface area (Å²) in [6.07, 6.45) is 3.68. The van der Waals surface area contributed by atoms with E-state index in [0.29, 0.717) is 45.6 Å². The molecule has 0 bridgehead atoms. The largest absolute Gasteiger partial charge is 0.507 e. The van der Waals surface area contributed by atoms with E-state index in [9.17, 15) is 19.1 Å². The summed E-state index contributed by atoms with van der Waals surface area (Å²) in [6, 6.07) is 18.0. The highest BCUT2D eigenvalue weighted by atomic mass is 32.2. The van der Waals surface area contributed by atoms with Gasteiger partial charge < -0.3 is 14.6 Å². The van der Waals surface area contributed by atoms with Gasteiger partial charge in [-0.3, -0.25) is 14.5 Å². The average Bonchev–Trinajstić information content (AvgIpc) is 3.73. The molecular weight excluding hydrogens is 614 g/mol. The molecule has 0 aliphatic carbocycles. The van der Waals surface area contributed by atoms with E-state index < -0.39 is 17.7 Å². The quantitative estimate of drug-likeness (QED) is 0.0447. The number of aliphatic hydroxyl groups excluding tert-OH is 1. The number of Topliss-reactive ketones (excluding diaryl/α,β-unsaturated/α-hetero) is 1. The molecule has 4 aromatic rings. The molecule has 1 aromatic heterocycles. The zero-order chi connectivity index (χ0) is 31.5. The monoisotopic (exact) mass is 645 g/mol. The highest BCUT2D eigenvalue weighted by Gasteiger charge is 2.48. The van der Waals surface area contributed by atoms with Gasteiger partial charge in [-0.05, 0) is 66.4 Å². The number of rotatable bonds is 11. The van der Waals surface area contributed by atoms with Crippen molar-refractivity contribution in [2.45, 2.75) is 61.8 Å². The van der Waals surface area contributed by atoms with Crippen molar-refractivity contribution in [3.63, 3.8) is 0 Å². The Morgan fingerprint density at radius 1 is 1.11 bits per heavy atom. The van der Waals surface area contributed by atoms with E-state index in [1.165, 1.54) is 22.7 Å². The van der Waals surface area contributed by atoms with Gasteiger partial charge in [-0.1, -0.05) is 73.2 Å². The Labute approximate surface area is 268 Å². The molecule has 11 heteroatoms. The number of halogens is 1. The van der Waals surface area contributed by atoms with Crippen molar-refractivity contribution in [3.8, 4) is 11.5 Å². The Bertz CT molecular complexity index is 1770. The molecule has 1 fully saturated rings. The van der Waals surface area contributed by atoms with Crippen molar-refractivity contribution in [3.05, 3.63) is 100 Å². The van der Waals surface area contributed by atoms with Crippen molar-refractivity contribution >= 4 is 45.7 Å². The standard InChI is InChI=1S/C34H32FN3O5S2/c1-3-4-7-15-42-25-11-8-10-21(18-25)29-28(30(39)22-13-14-27-24(17-22)16-20(2)43-27)31(40)32(41)38(29)33-36-37-34(45-33)44-19-23-9-5-6-12-26(23)35/h5-6,8-14,17-18,20,29,39H,3-4,7,15-16,19H2,1-2H3. The van der Waals surface area contributed by atoms with Crippen LogP contribution in [0, 0.1) is 5.82 Å². The van der Waals surface area contributed by atoms with Crippen LogP contribution in [0.25, 0.3) is 5.76 Å². The molecule has 1 saturated heterocycles. The Kier molecular flexibility index (Phi) is 9.18. The lowest BCUT2D eigenvalue weighted by atomic mass is 9.94. The van der Waals surface area contributed by atoms with Crippen molar-refractivity contribution in [1.82, 2.24) is 10.2 Å². The maximum Gasteiger partial charge on any atom is 0.301 e. The molecule has 2 aliphatic rings. The third kappa shape index (κ3) is 6.46. The molecule has 1 amide bonds. The molecule has 3 aromatic carbocycles. The van der Waals surface area contributed by atoms with Gasteiger partial charge in [0.2, 0.25) is 5.13 Å². The molecule has 232 valence electrons. The molecule has 2 atom stereocenters. The van der Waals surface area contributed by atoms with E-state index in [4.69, 9.17) is 9.47 Å². The van der Waals surface area contributed by atoms with Gasteiger partial charge in [0, 0.05) is 17.7 Å². The van der Waals surface area contributed by atoms with E-state index in [1.807, 2.05) is 13.0 Å². The lowest BCUT2D eigenvalue weighted by Crippen LogP contribution is -2.29. The normalized spacial score (nSPS) is 18.7. The molecule has 0 radical (unpaired) electrons. The molecule has 0 saturated carbocycles. The number of carbonyl (C=O) groups excluding carboxylic acids is 2. The Morgan fingerprint density at radius 3 is 2.78 bits per heavy atom. The number of hydrogen-bond donors (Lipinski definition) is 1. The fraction of sp³-hybridized carbons (Fsp3) is 0.294. The predicted octanol–water partition coefficient (Wildman–Crippen LogP) is 7.49. The van der Waals surface area contributed by atoms with E-state index >= 15 is 0 Å². The van der Waals surface area contributed by atoms with E-state index in [2.05, 4.69) is 17.1 Å². The summed E-state index contributed by atoms with van der Waals surface area (Å²) >= 11 is 2.41. The van der Waals surface area contributed by atoms with Gasteiger partial charge in [0.25, 0.3) is 5.78 Å². The summed E-state index contributed by atoms with van der Waals surface area (Å²) in [6.45, 7) is 4.62. The van der Waals surface area contributed by atoms with E-state index in [0.717, 1.165) is 41.9 Å². The van der Waals surface area contributed by atoms with Crippen LogP contribution in [0.2, 0.25) is 0 Å². The van der Waals surface area contributed by atoms with Crippen molar-refractivity contribution < 1.29 is 28.6 Å². The summed E-state index contributed by atoms with van der Waals surface area (Å²) in [5.74, 6) is -0.597. The zero-order valence-corrected chi connectivity index (χ0v) is 26.5. The molecule has 6 rings (SSSR count). The number of aliphatic hydroxyl groups is 1. The van der Waals surface area contributed by atoms with Crippen molar-refractivity contribution in [2.24, 2.45) is 0 Å². The van der Waals surface area contributed by atoms with Crippen LogP contribution in [0.3, 0.4) is 0 Å². The highest BCUT2D eigenvalue weighted by Crippen LogP contribution is 2.45. The number of fused-ring (bicyclic) bond motifs is 1. The molecular formula is C34H32FN3O5S2. The topological polar surface area (TPSA) is 102 Å². The maximum absolute atomic E-state index is 14.2. The fourth-order valence-corrected chi connectivity index (χ4v) is 7.35. The number of ketones is 1. The molecule has 2 unspecified atom stereocenters. The first-order valence-electron chi connectivity index (χ1n) is 14.9. The predicted molar refractivity (Wildman–Crippen MR) is 172 cm³/mol. The number of ether oxygens (including phenoxy) is 2. The number of nitrogens with zero attached hydrogens (tertiary/aromatic N) is 3. The minimum atomic E-state index is -0.981. The van der Waals surface area contributed by atoms with Gasteiger partial charge in [0.15, 0.2) is 4.34 Å². The van der Waals surface area contributed by atoms with Gasteiger partial charge in [0.1, 0.15) is 29.2 Å². The van der Waals surface area contributed by atoms with Crippen LogP contribution >= 0.6 is 23.1 Å². The van der Waals surface area contributed by atoms with Crippen molar-refractivity contribution in [1.29, 1.82) is 0 Å². The second-order valence-corrected chi connectivity index (χ2v) is 13.2. The van der Waals surface area contributed by atoms with Gasteiger partial charge >= 0.3 is 5.91 Å². The lowest BCUT2D eigenvalue weighted by molar-refractivity contribution is -0.132. The van der Waals surface area contributed by atoms with Crippen LogP contribution in [-0.4, -0.2) is 39.7 Å². The van der Waals surface area contributed by atoms with Gasteiger partial charge in [-0.15, -0.1) is 10.2 Å². The third-order valence-corrected chi connectivity index (χ3v) is 9.82. The molecule has 45 heavy (non-hydrogen) atoms. The summed E-state index contributed by atoms with van der Waals surface area (Å²) in [5, 5.41) is 20.3. The Morgan fingerprint density at radius 2 is 1.96 bits per heavy atom. The number of amides is 1. The number of benzene rings is 3. The molecule has 1 N–H and O–H groups in total. The summed E-state index contributed by atoms with van der Waals surface area (Å²) in [7, 11) is 0. The number of unbranched alkanes of at least 4 members (excludes halogenated alkanes) is 2. The van der Waals surface area contributed by atoms with Crippen LogP contribution in [0.1, 0.15) is 61.4 Å². The van der Waals surface area contributed by atoms with E-state index in [-0.39, 0.29) is 28.4 Å². The number of thioether (sulfide) groups is 1. The molecule has 3 heterocycles. The first-order chi connectivity index (χ1) is 21.8. The van der Waals surface area contributed by atoms with Gasteiger partial charge in [-0.25, -0.2) is 4.39 Å². The Hall–Kier alpha value is -4.22. The summed E-state index contributed by atoms with van der Waals surface area (Å²) in [4.78, 5) is 28.7. The minimum absolute atomic E-state index is 0.00546. The summed E-state index contributed by atoms with van der Waals surface area (Å²) in [5.41, 5.74) is 2.38. The highest BCUT2D eigenvalue weighted by molar-refractivity contribution is 8.00. The number of carbonyl (C=O) groups is 2. The number of aromatic nitrogens is 2. The second-order valence-electron chi connectivity index (χ2n) is 11.0. The van der Waals surface area contributed by atoms with Crippen LogP contribution in [0.4, 0.5) is 9.52 Å². The smallest absolute Gasteiger partial charge is 0.301 e. The minimum Gasteiger partial charge on any atom is -0.507 e. The average molecular weight is 646 g/mol. The number of anilines is 1. The van der Waals surface area contributed by atoms with Crippen LogP contribution in [0.15, 0.2) is 76.6 Å². The van der Waals surface area contributed by atoms with E-state index in [1.54, 1.807) is 54.6 Å². The first-order valence-corrected chi connectivity index (χ1v) is 16.7. The SMILES string of the molecule is CCCCCOc1cccc(C2C(=C(O)c3ccc4c(c3)CC(C)O4)C(=O)C(=O)N2c2nnc(SCc3ccccc3F)s2)c1.